The average Bonchev–Trinajstić information content (AvgIpc) is 3.19. The molecule has 3 heterocycles. The lowest BCUT2D eigenvalue weighted by Crippen LogP contribution is -2.49. The molecule has 4 rings (SSSR count). The fraction of sp³-hybridized carbons (Fsp3) is 0.524. The number of nitrogens with zero attached hydrogens (tertiary/aromatic N) is 4. The van der Waals surface area contributed by atoms with Gasteiger partial charge in [-0.25, -0.2) is 8.42 Å². The minimum absolute atomic E-state index is 0.0316. The Balaban J connectivity index is 1.42. The van der Waals surface area contributed by atoms with Gasteiger partial charge in [0.05, 0.1) is 11.4 Å². The Hall–Kier alpha value is -2.07. The fourth-order valence-electron chi connectivity index (χ4n) is 4.27. The van der Waals surface area contributed by atoms with E-state index in [9.17, 15) is 13.2 Å². The first kappa shape index (κ1) is 21.2. The molecule has 0 bridgehead atoms. The van der Waals surface area contributed by atoms with Crippen LogP contribution in [0, 0.1) is 6.92 Å². The Labute approximate surface area is 177 Å². The largest absolute Gasteiger partial charge is 0.351 e. The predicted octanol–water partition coefficient (Wildman–Crippen LogP) is 0.670. The van der Waals surface area contributed by atoms with Crippen LogP contribution in [0.25, 0.3) is 10.8 Å². The molecule has 2 saturated heterocycles. The molecule has 2 aliphatic rings. The van der Waals surface area contributed by atoms with Crippen molar-refractivity contribution in [2.24, 2.45) is 0 Å². The number of aromatic nitrogens is 1. The number of benzene rings is 1. The minimum Gasteiger partial charge on any atom is -0.351 e. The van der Waals surface area contributed by atoms with Crippen LogP contribution in [0.1, 0.15) is 12.0 Å². The second kappa shape index (κ2) is 8.58. The van der Waals surface area contributed by atoms with Gasteiger partial charge in [0, 0.05) is 68.5 Å². The highest BCUT2D eigenvalue weighted by molar-refractivity contribution is 7.89. The number of pyridine rings is 1. The highest BCUT2D eigenvalue weighted by atomic mass is 32.2. The Morgan fingerprint density at radius 2 is 1.93 bits per heavy atom. The quantitative estimate of drug-likeness (QED) is 0.749. The van der Waals surface area contributed by atoms with Gasteiger partial charge in [-0.2, -0.15) is 4.31 Å². The van der Waals surface area contributed by atoms with E-state index in [-0.39, 0.29) is 11.9 Å². The molecule has 1 N–H and O–H groups in total. The molecule has 162 valence electrons. The van der Waals surface area contributed by atoms with Crippen molar-refractivity contribution < 1.29 is 13.2 Å². The third-order valence-electron chi connectivity index (χ3n) is 6.03. The van der Waals surface area contributed by atoms with Gasteiger partial charge in [0.15, 0.2) is 0 Å². The minimum atomic E-state index is -3.65. The van der Waals surface area contributed by atoms with E-state index in [0.29, 0.717) is 31.0 Å². The first-order valence-electron chi connectivity index (χ1n) is 10.4. The lowest BCUT2D eigenvalue weighted by atomic mass is 10.1. The van der Waals surface area contributed by atoms with Gasteiger partial charge in [-0.15, -0.1) is 0 Å². The molecule has 0 aliphatic carbocycles. The molecule has 0 unspecified atom stereocenters. The van der Waals surface area contributed by atoms with Crippen LogP contribution in [-0.4, -0.2) is 92.3 Å². The molecule has 2 fully saturated rings. The van der Waals surface area contributed by atoms with E-state index in [4.69, 9.17) is 0 Å². The first-order valence-corrected chi connectivity index (χ1v) is 11.8. The van der Waals surface area contributed by atoms with Gasteiger partial charge in [0.25, 0.3) is 0 Å². The molecule has 0 spiro atoms. The van der Waals surface area contributed by atoms with E-state index >= 15 is 0 Å². The zero-order valence-electron chi connectivity index (χ0n) is 17.5. The smallest absolute Gasteiger partial charge is 0.243 e. The molecular formula is C21H29N5O3S. The summed E-state index contributed by atoms with van der Waals surface area (Å²) in [4.78, 5) is 21.3. The first-order chi connectivity index (χ1) is 14.3. The number of fused-ring (bicyclic) bond motifs is 1. The summed E-state index contributed by atoms with van der Waals surface area (Å²) in [6, 6.07) is 5.13. The second-order valence-electron chi connectivity index (χ2n) is 8.31. The molecule has 2 aliphatic heterocycles. The van der Waals surface area contributed by atoms with Crippen molar-refractivity contribution in [3.05, 3.63) is 36.2 Å². The zero-order valence-corrected chi connectivity index (χ0v) is 18.4. The Kier molecular flexibility index (Phi) is 6.06. The molecule has 1 aromatic heterocycles. The molecule has 1 atom stereocenters. The molecule has 1 aromatic carbocycles. The van der Waals surface area contributed by atoms with E-state index in [1.807, 2.05) is 13.0 Å². The maximum absolute atomic E-state index is 13.4. The number of amides is 1. The van der Waals surface area contributed by atoms with Crippen molar-refractivity contribution in [2.75, 3.05) is 52.9 Å². The van der Waals surface area contributed by atoms with Crippen molar-refractivity contribution in [3.63, 3.8) is 0 Å². The molecule has 1 amide bonds. The molecule has 8 nitrogen and oxygen atoms in total. The molecule has 30 heavy (non-hydrogen) atoms. The van der Waals surface area contributed by atoms with Crippen LogP contribution in [0.15, 0.2) is 35.5 Å². The van der Waals surface area contributed by atoms with Gasteiger partial charge in [-0.05, 0) is 32.0 Å². The number of carbonyl (C=O) groups is 1. The Morgan fingerprint density at radius 3 is 2.70 bits per heavy atom. The molecule has 0 radical (unpaired) electrons. The van der Waals surface area contributed by atoms with Gasteiger partial charge in [-0.3, -0.25) is 14.7 Å². The molecule has 2 aromatic rings. The van der Waals surface area contributed by atoms with Crippen LogP contribution >= 0.6 is 0 Å². The van der Waals surface area contributed by atoms with Crippen LogP contribution in [0.4, 0.5) is 0 Å². The van der Waals surface area contributed by atoms with Crippen molar-refractivity contribution >= 4 is 26.7 Å². The molecular weight excluding hydrogens is 402 g/mol. The Bertz CT molecular complexity index is 1030. The maximum Gasteiger partial charge on any atom is 0.243 e. The van der Waals surface area contributed by atoms with Gasteiger partial charge in [-0.1, -0.05) is 12.1 Å². The summed E-state index contributed by atoms with van der Waals surface area (Å²) in [5.41, 5.74) is 0.836. The van der Waals surface area contributed by atoms with E-state index in [2.05, 4.69) is 27.1 Å². The van der Waals surface area contributed by atoms with Gasteiger partial charge < -0.3 is 10.2 Å². The number of carbonyl (C=O) groups excluding carboxylic acids is 1. The summed E-state index contributed by atoms with van der Waals surface area (Å²) >= 11 is 0. The predicted molar refractivity (Wildman–Crippen MR) is 116 cm³/mol. The number of piperazine rings is 1. The van der Waals surface area contributed by atoms with Crippen molar-refractivity contribution in [1.29, 1.82) is 0 Å². The maximum atomic E-state index is 13.4. The number of rotatable bonds is 5. The number of nitrogens with one attached hydrogen (secondary N) is 1. The van der Waals surface area contributed by atoms with Crippen molar-refractivity contribution in [2.45, 2.75) is 24.3 Å². The third kappa shape index (κ3) is 4.34. The monoisotopic (exact) mass is 431 g/mol. The lowest BCUT2D eigenvalue weighted by molar-refractivity contribution is -0.123. The SMILES string of the molecule is Cc1cncc2cccc(S(=O)(=O)N3CC[C@@H](NC(=O)CN4CCN(C)CC4)C3)c12. The summed E-state index contributed by atoms with van der Waals surface area (Å²) in [6.45, 7) is 6.63. The van der Waals surface area contributed by atoms with Gasteiger partial charge in [0.1, 0.15) is 0 Å². The standard InChI is InChI=1S/C21H29N5O3S/c1-16-12-22-13-17-4-3-5-19(21(16)17)30(28,29)26-7-6-18(14-26)23-20(27)15-25-10-8-24(2)9-11-25/h3-5,12-13,18H,6-11,14-15H2,1-2H3,(H,23,27)/t18-/m1/s1. The molecule has 0 saturated carbocycles. The van der Waals surface area contributed by atoms with Crippen LogP contribution in [0.2, 0.25) is 0 Å². The van der Waals surface area contributed by atoms with Crippen molar-refractivity contribution in [3.8, 4) is 0 Å². The Morgan fingerprint density at radius 1 is 1.17 bits per heavy atom. The molecule has 9 heteroatoms. The summed E-state index contributed by atoms with van der Waals surface area (Å²) in [6.07, 6.45) is 4.00. The van der Waals surface area contributed by atoms with Gasteiger partial charge in [0.2, 0.25) is 15.9 Å². The fourth-order valence-corrected chi connectivity index (χ4v) is 6.06. The topological polar surface area (TPSA) is 85.8 Å². The lowest BCUT2D eigenvalue weighted by Gasteiger charge is -2.32. The normalized spacial score (nSPS) is 21.9. The highest BCUT2D eigenvalue weighted by Crippen LogP contribution is 2.29. The van der Waals surface area contributed by atoms with Crippen molar-refractivity contribution in [1.82, 2.24) is 24.4 Å². The van der Waals surface area contributed by atoms with E-state index in [1.165, 1.54) is 4.31 Å². The van der Waals surface area contributed by atoms with Gasteiger partial charge >= 0.3 is 0 Å². The summed E-state index contributed by atoms with van der Waals surface area (Å²) in [5.74, 6) is -0.0316. The summed E-state index contributed by atoms with van der Waals surface area (Å²) < 4.78 is 28.2. The van der Waals surface area contributed by atoms with Crippen LogP contribution < -0.4 is 5.32 Å². The van der Waals surface area contributed by atoms with Crippen LogP contribution in [-0.2, 0) is 14.8 Å². The number of hydrogen-bond donors (Lipinski definition) is 1. The summed E-state index contributed by atoms with van der Waals surface area (Å²) in [5, 5.41) is 4.56. The third-order valence-corrected chi connectivity index (χ3v) is 7.94. The van der Waals surface area contributed by atoms with Crippen LogP contribution in [0.3, 0.4) is 0 Å². The number of sulfonamides is 1. The van der Waals surface area contributed by atoms with E-state index in [1.54, 1.807) is 24.5 Å². The zero-order chi connectivity index (χ0) is 21.3. The van der Waals surface area contributed by atoms with E-state index < -0.39 is 10.0 Å². The second-order valence-corrected chi connectivity index (χ2v) is 10.2. The number of likely N-dealkylation sites (N-methyl/N-ethyl adjacent to an activating group) is 1. The number of aryl methyl sites for hydroxylation is 1. The highest BCUT2D eigenvalue weighted by Gasteiger charge is 2.34. The summed E-state index contributed by atoms with van der Waals surface area (Å²) in [7, 11) is -1.57. The van der Waals surface area contributed by atoms with E-state index in [0.717, 1.165) is 42.5 Å². The average molecular weight is 432 g/mol. The number of hydrogen-bond acceptors (Lipinski definition) is 6. The van der Waals surface area contributed by atoms with Crippen LogP contribution in [0.5, 0.6) is 0 Å².